The zero-order valence-electron chi connectivity index (χ0n) is 13.8. The van der Waals surface area contributed by atoms with Crippen molar-refractivity contribution < 1.29 is 27.1 Å². The first-order chi connectivity index (χ1) is 12.2. The molecule has 0 spiro atoms. The molecule has 2 rings (SSSR count). The highest BCUT2D eigenvalue weighted by Crippen LogP contribution is 2.23. The van der Waals surface area contributed by atoms with E-state index in [1.807, 2.05) is 0 Å². The van der Waals surface area contributed by atoms with Gasteiger partial charge >= 0.3 is 6.36 Å². The van der Waals surface area contributed by atoms with Crippen LogP contribution in [0.25, 0.3) is 0 Å². The number of alkyl halides is 3. The van der Waals surface area contributed by atoms with Gasteiger partial charge in [-0.05, 0) is 49.0 Å². The van der Waals surface area contributed by atoms with Gasteiger partial charge in [-0.2, -0.15) is 0 Å². The number of halogens is 4. The van der Waals surface area contributed by atoms with Crippen LogP contribution in [0.4, 0.5) is 23.2 Å². The van der Waals surface area contributed by atoms with Crippen LogP contribution >= 0.6 is 0 Å². The molecule has 0 fully saturated rings. The zero-order valence-corrected chi connectivity index (χ0v) is 13.8. The summed E-state index contributed by atoms with van der Waals surface area (Å²) in [4.78, 5) is 12.1. The van der Waals surface area contributed by atoms with Crippen LogP contribution in [0, 0.1) is 5.82 Å². The van der Waals surface area contributed by atoms with Crippen LogP contribution in [0.1, 0.15) is 21.5 Å². The van der Waals surface area contributed by atoms with Gasteiger partial charge in [0.25, 0.3) is 5.91 Å². The van der Waals surface area contributed by atoms with Crippen LogP contribution in [0.5, 0.6) is 5.75 Å². The molecule has 0 aliphatic heterocycles. The van der Waals surface area contributed by atoms with E-state index in [1.54, 1.807) is 7.05 Å². The Balaban J connectivity index is 2.08. The number of hydrogen-bond acceptors (Lipinski definition) is 4. The summed E-state index contributed by atoms with van der Waals surface area (Å²) in [5, 5.41) is 5.40. The average molecular weight is 371 g/mol. The number of nitrogens with one attached hydrogen (secondary N) is 2. The first-order valence-corrected chi connectivity index (χ1v) is 7.55. The molecule has 0 aliphatic carbocycles. The van der Waals surface area contributed by atoms with Gasteiger partial charge in [0.05, 0.1) is 0 Å². The summed E-state index contributed by atoms with van der Waals surface area (Å²) in [5.74, 6) is -1.52. The lowest BCUT2D eigenvalue weighted by atomic mass is 10.0. The number of anilines is 1. The van der Waals surface area contributed by atoms with E-state index in [-0.39, 0.29) is 17.7 Å². The van der Waals surface area contributed by atoms with Crippen molar-refractivity contribution in [1.29, 1.82) is 0 Å². The fraction of sp³-hybridized carbons (Fsp3) is 0.235. The van der Waals surface area contributed by atoms with Gasteiger partial charge in [-0.25, -0.2) is 4.39 Å². The summed E-state index contributed by atoms with van der Waals surface area (Å²) >= 11 is 0. The summed E-state index contributed by atoms with van der Waals surface area (Å²) in [7, 11) is 1.68. The molecule has 0 radical (unpaired) electrons. The maximum Gasteiger partial charge on any atom is 0.573 e. The molecule has 4 N–H and O–H groups in total. The Labute approximate surface area is 147 Å². The van der Waals surface area contributed by atoms with Crippen LogP contribution in [-0.2, 0) is 13.1 Å². The van der Waals surface area contributed by atoms with Gasteiger partial charge in [-0.15, -0.1) is 13.2 Å². The van der Waals surface area contributed by atoms with Crippen molar-refractivity contribution in [2.45, 2.75) is 19.5 Å². The number of ether oxygens (including phenoxy) is 1. The second-order valence-electron chi connectivity index (χ2n) is 5.38. The van der Waals surface area contributed by atoms with Gasteiger partial charge < -0.3 is 21.1 Å². The van der Waals surface area contributed by atoms with Gasteiger partial charge in [-0.3, -0.25) is 4.79 Å². The number of nitrogen functional groups attached to an aromatic ring is 1. The lowest BCUT2D eigenvalue weighted by Gasteiger charge is -2.14. The molecule has 0 heterocycles. The summed E-state index contributed by atoms with van der Waals surface area (Å²) < 4.78 is 54.2. The Kier molecular flexibility index (Phi) is 6.04. The fourth-order valence-electron chi connectivity index (χ4n) is 2.34. The Morgan fingerprint density at radius 3 is 2.31 bits per heavy atom. The first-order valence-electron chi connectivity index (χ1n) is 7.55. The third kappa shape index (κ3) is 5.09. The minimum Gasteiger partial charge on any atom is -0.406 e. The van der Waals surface area contributed by atoms with Crippen molar-refractivity contribution in [3.63, 3.8) is 0 Å². The maximum atomic E-state index is 14.1. The molecule has 9 heteroatoms. The van der Waals surface area contributed by atoms with Crippen LogP contribution in [0.3, 0.4) is 0 Å². The molecular weight excluding hydrogens is 354 g/mol. The molecule has 5 nitrogen and oxygen atoms in total. The quantitative estimate of drug-likeness (QED) is 0.539. The number of rotatable bonds is 6. The largest absolute Gasteiger partial charge is 0.573 e. The number of benzene rings is 2. The minimum atomic E-state index is -4.81. The molecule has 140 valence electrons. The van der Waals surface area contributed by atoms with E-state index in [1.165, 1.54) is 24.3 Å². The number of carbonyl (C=O) groups is 1. The Hall–Kier alpha value is -2.81. The van der Waals surface area contributed by atoms with E-state index in [4.69, 9.17) is 5.73 Å². The van der Waals surface area contributed by atoms with Crippen molar-refractivity contribution in [2.75, 3.05) is 12.8 Å². The monoisotopic (exact) mass is 371 g/mol. The van der Waals surface area contributed by atoms with E-state index in [0.717, 1.165) is 12.1 Å². The number of nitrogens with two attached hydrogens (primary N) is 1. The lowest BCUT2D eigenvalue weighted by molar-refractivity contribution is -0.274. The van der Waals surface area contributed by atoms with Crippen LogP contribution in [-0.4, -0.2) is 19.3 Å². The van der Waals surface area contributed by atoms with Gasteiger partial charge in [0, 0.05) is 29.9 Å². The molecule has 26 heavy (non-hydrogen) atoms. The normalized spacial score (nSPS) is 11.3. The Morgan fingerprint density at radius 2 is 1.73 bits per heavy atom. The van der Waals surface area contributed by atoms with Crippen LogP contribution in [0.15, 0.2) is 36.4 Å². The van der Waals surface area contributed by atoms with Gasteiger partial charge in [0.1, 0.15) is 11.6 Å². The average Bonchev–Trinajstić information content (AvgIpc) is 2.57. The second-order valence-corrected chi connectivity index (χ2v) is 5.38. The van der Waals surface area contributed by atoms with E-state index in [2.05, 4.69) is 15.4 Å². The highest BCUT2D eigenvalue weighted by atomic mass is 19.4. The van der Waals surface area contributed by atoms with Crippen molar-refractivity contribution in [2.24, 2.45) is 0 Å². The minimum absolute atomic E-state index is 0.110. The standard InChI is InChI=1S/C17H17F4N3O2/c1-23-8-13-12(14(18)6-7-15(13)22)9-24-16(25)10-2-4-11(5-3-10)26-17(19,20)21/h2-7,23H,8-9,22H2,1H3,(H,24,25). The molecule has 2 aromatic carbocycles. The van der Waals surface area contributed by atoms with Gasteiger partial charge in [0.2, 0.25) is 0 Å². The highest BCUT2D eigenvalue weighted by Gasteiger charge is 2.31. The first kappa shape index (κ1) is 19.5. The summed E-state index contributed by atoms with van der Waals surface area (Å²) in [6.07, 6.45) is -4.81. The number of amides is 1. The SMILES string of the molecule is CNCc1c(N)ccc(F)c1CNC(=O)c1ccc(OC(F)(F)F)cc1. The molecule has 0 unspecified atom stereocenters. The molecule has 0 saturated heterocycles. The smallest absolute Gasteiger partial charge is 0.406 e. The van der Waals surface area contributed by atoms with E-state index < -0.39 is 23.8 Å². The summed E-state index contributed by atoms with van der Waals surface area (Å²) in [6.45, 7) is 0.200. The zero-order chi connectivity index (χ0) is 19.3. The Bertz CT molecular complexity index is 777. The van der Waals surface area contributed by atoms with Crippen molar-refractivity contribution in [1.82, 2.24) is 10.6 Å². The third-order valence-electron chi connectivity index (χ3n) is 3.54. The summed E-state index contributed by atoms with van der Waals surface area (Å²) in [6, 6.07) is 7.05. The molecule has 0 saturated carbocycles. The van der Waals surface area contributed by atoms with Gasteiger partial charge in [-0.1, -0.05) is 0 Å². The molecule has 1 amide bonds. The molecule has 2 aromatic rings. The summed E-state index contributed by atoms with van der Waals surface area (Å²) in [5.41, 5.74) is 7.10. The number of carbonyl (C=O) groups excluding carboxylic acids is 1. The predicted octanol–water partition coefficient (Wildman–Crippen LogP) is 2.96. The van der Waals surface area contributed by atoms with E-state index in [9.17, 15) is 22.4 Å². The van der Waals surface area contributed by atoms with Crippen LogP contribution in [0.2, 0.25) is 0 Å². The molecule has 0 bridgehead atoms. The number of hydrogen-bond donors (Lipinski definition) is 3. The van der Waals surface area contributed by atoms with E-state index >= 15 is 0 Å². The second kappa shape index (κ2) is 8.05. The van der Waals surface area contributed by atoms with Crippen LogP contribution < -0.4 is 21.1 Å². The molecular formula is C17H17F4N3O2. The fourth-order valence-corrected chi connectivity index (χ4v) is 2.34. The molecule has 0 atom stereocenters. The lowest BCUT2D eigenvalue weighted by Crippen LogP contribution is -2.25. The topological polar surface area (TPSA) is 76.4 Å². The van der Waals surface area contributed by atoms with Crippen molar-refractivity contribution in [3.8, 4) is 5.75 Å². The maximum absolute atomic E-state index is 14.1. The molecule has 0 aliphatic rings. The Morgan fingerprint density at radius 1 is 1.08 bits per heavy atom. The predicted molar refractivity (Wildman–Crippen MR) is 87.9 cm³/mol. The highest BCUT2D eigenvalue weighted by molar-refractivity contribution is 5.94. The molecule has 0 aromatic heterocycles. The van der Waals surface area contributed by atoms with E-state index in [0.29, 0.717) is 17.8 Å². The van der Waals surface area contributed by atoms with Gasteiger partial charge in [0.15, 0.2) is 0 Å². The van der Waals surface area contributed by atoms with Crippen molar-refractivity contribution in [3.05, 3.63) is 58.9 Å². The van der Waals surface area contributed by atoms with Crippen molar-refractivity contribution >= 4 is 11.6 Å². The third-order valence-corrected chi connectivity index (χ3v) is 3.54.